The molecule has 110 valence electrons. The first-order valence-electron chi connectivity index (χ1n) is 6.80. The Bertz CT molecular complexity index is 469. The summed E-state index contributed by atoms with van der Waals surface area (Å²) in [5.41, 5.74) is 1.09. The number of carbonyl (C=O) groups excluding carboxylic acids is 1. The molecule has 1 heterocycles. The summed E-state index contributed by atoms with van der Waals surface area (Å²) in [7, 11) is 0. The number of carbonyl (C=O) groups is 2. The Morgan fingerprint density at radius 2 is 2.20 bits per heavy atom. The number of nitrogens with zero attached hydrogens (tertiary/aromatic N) is 1. The van der Waals surface area contributed by atoms with E-state index in [2.05, 4.69) is 5.32 Å². The van der Waals surface area contributed by atoms with E-state index < -0.39 is 12.0 Å². The largest absolute Gasteiger partial charge is 0.480 e. The Balaban J connectivity index is 2.01. The molecule has 1 unspecified atom stereocenters. The first-order valence-corrected chi connectivity index (χ1v) is 7.74. The second-order valence-electron chi connectivity index (χ2n) is 5.50. The molecule has 1 aliphatic rings. The molecule has 1 aromatic rings. The minimum absolute atomic E-state index is 0.140. The van der Waals surface area contributed by atoms with Gasteiger partial charge in [-0.15, -0.1) is 0 Å². The van der Waals surface area contributed by atoms with Gasteiger partial charge in [0.1, 0.15) is 6.04 Å². The van der Waals surface area contributed by atoms with Crippen LogP contribution in [0.25, 0.3) is 0 Å². The van der Waals surface area contributed by atoms with Crippen molar-refractivity contribution in [2.75, 3.05) is 0 Å². The van der Waals surface area contributed by atoms with Crippen molar-refractivity contribution in [2.45, 2.75) is 45.3 Å². The zero-order chi connectivity index (χ0) is 14.7. The van der Waals surface area contributed by atoms with Crippen LogP contribution < -0.4 is 5.32 Å². The lowest BCUT2D eigenvalue weighted by molar-refractivity contribution is -0.140. The van der Waals surface area contributed by atoms with E-state index in [1.165, 1.54) is 0 Å². The monoisotopic (exact) mass is 296 g/mol. The highest BCUT2D eigenvalue weighted by atomic mass is 32.1. The van der Waals surface area contributed by atoms with E-state index in [1.54, 1.807) is 30.1 Å². The number of hydrogen-bond donors (Lipinski definition) is 2. The van der Waals surface area contributed by atoms with E-state index in [9.17, 15) is 9.59 Å². The predicted molar refractivity (Wildman–Crippen MR) is 77.7 cm³/mol. The number of carboxylic acids is 1. The molecule has 1 fully saturated rings. The average molecular weight is 296 g/mol. The van der Waals surface area contributed by atoms with Gasteiger partial charge in [0.05, 0.1) is 0 Å². The van der Waals surface area contributed by atoms with Crippen LogP contribution in [0.4, 0.5) is 4.79 Å². The number of thiophene rings is 1. The lowest BCUT2D eigenvalue weighted by Crippen LogP contribution is -2.50. The SMILES string of the molecule is CC(C)C(NC(=O)N(Cc1ccsc1)C1CC1)C(=O)O. The average Bonchev–Trinajstić information content (AvgIpc) is 3.09. The first kappa shape index (κ1) is 14.8. The molecule has 2 amide bonds. The van der Waals surface area contributed by atoms with Gasteiger partial charge in [-0.25, -0.2) is 9.59 Å². The number of amides is 2. The molecule has 2 N–H and O–H groups in total. The molecule has 1 saturated carbocycles. The third-order valence-corrected chi connectivity index (χ3v) is 4.13. The number of hydrogen-bond acceptors (Lipinski definition) is 3. The molecule has 20 heavy (non-hydrogen) atoms. The molecule has 2 rings (SSSR count). The summed E-state index contributed by atoms with van der Waals surface area (Å²) < 4.78 is 0. The Kier molecular flexibility index (Phi) is 4.65. The fourth-order valence-electron chi connectivity index (χ4n) is 2.06. The summed E-state index contributed by atoms with van der Waals surface area (Å²) in [4.78, 5) is 25.2. The lowest BCUT2D eigenvalue weighted by Gasteiger charge is -2.26. The van der Waals surface area contributed by atoms with Crippen molar-refractivity contribution in [3.8, 4) is 0 Å². The number of aliphatic carboxylic acids is 1. The van der Waals surface area contributed by atoms with Gasteiger partial charge in [-0.05, 0) is 41.1 Å². The summed E-state index contributed by atoms with van der Waals surface area (Å²) in [6, 6.07) is 1.12. The van der Waals surface area contributed by atoms with Gasteiger partial charge in [0, 0.05) is 12.6 Å². The molecule has 1 atom stereocenters. The van der Waals surface area contributed by atoms with Gasteiger partial charge < -0.3 is 15.3 Å². The number of carboxylic acid groups (broad SMARTS) is 1. The summed E-state index contributed by atoms with van der Waals surface area (Å²) in [5.74, 6) is -1.13. The Morgan fingerprint density at radius 1 is 1.50 bits per heavy atom. The highest BCUT2D eigenvalue weighted by molar-refractivity contribution is 7.07. The molecule has 0 bridgehead atoms. The van der Waals surface area contributed by atoms with Crippen LogP contribution in [0.5, 0.6) is 0 Å². The van der Waals surface area contributed by atoms with Crippen LogP contribution in [0.1, 0.15) is 32.3 Å². The van der Waals surface area contributed by atoms with Gasteiger partial charge in [-0.1, -0.05) is 13.8 Å². The summed E-state index contributed by atoms with van der Waals surface area (Å²) in [6.45, 7) is 4.13. The number of nitrogens with one attached hydrogen (secondary N) is 1. The second-order valence-corrected chi connectivity index (χ2v) is 6.28. The van der Waals surface area contributed by atoms with Gasteiger partial charge in [0.25, 0.3) is 0 Å². The molecule has 6 heteroatoms. The Morgan fingerprint density at radius 3 is 2.65 bits per heavy atom. The van der Waals surface area contributed by atoms with Crippen LogP contribution in [-0.2, 0) is 11.3 Å². The highest BCUT2D eigenvalue weighted by Gasteiger charge is 2.35. The number of urea groups is 1. The predicted octanol–water partition coefficient (Wildman–Crippen LogP) is 2.53. The van der Waals surface area contributed by atoms with Gasteiger partial charge in [-0.2, -0.15) is 11.3 Å². The minimum Gasteiger partial charge on any atom is -0.480 e. The second kappa shape index (κ2) is 6.26. The molecule has 0 saturated heterocycles. The van der Waals surface area contributed by atoms with Crippen molar-refractivity contribution in [3.63, 3.8) is 0 Å². The van der Waals surface area contributed by atoms with E-state index in [0.29, 0.717) is 6.54 Å². The zero-order valence-corrected chi connectivity index (χ0v) is 12.5. The van der Waals surface area contributed by atoms with Crippen molar-refractivity contribution in [2.24, 2.45) is 5.92 Å². The molecule has 0 aromatic carbocycles. The van der Waals surface area contributed by atoms with Crippen LogP contribution >= 0.6 is 11.3 Å². The number of rotatable bonds is 6. The fourth-order valence-corrected chi connectivity index (χ4v) is 2.72. The molecule has 0 spiro atoms. The third kappa shape index (κ3) is 3.72. The van der Waals surface area contributed by atoms with E-state index in [-0.39, 0.29) is 18.0 Å². The summed E-state index contributed by atoms with van der Waals surface area (Å²) in [6.07, 6.45) is 1.99. The van der Waals surface area contributed by atoms with Crippen LogP contribution in [0, 0.1) is 5.92 Å². The van der Waals surface area contributed by atoms with Crippen LogP contribution in [0.3, 0.4) is 0 Å². The highest BCUT2D eigenvalue weighted by Crippen LogP contribution is 2.29. The van der Waals surface area contributed by atoms with Gasteiger partial charge in [-0.3, -0.25) is 0 Å². The topological polar surface area (TPSA) is 69.6 Å². The van der Waals surface area contributed by atoms with Gasteiger partial charge in [0.15, 0.2) is 0 Å². The van der Waals surface area contributed by atoms with Crippen molar-refractivity contribution < 1.29 is 14.7 Å². The van der Waals surface area contributed by atoms with Crippen molar-refractivity contribution >= 4 is 23.3 Å². The molecule has 1 aromatic heterocycles. The van der Waals surface area contributed by atoms with Crippen LogP contribution in [0.2, 0.25) is 0 Å². The maximum Gasteiger partial charge on any atom is 0.326 e. The first-order chi connectivity index (χ1) is 9.49. The minimum atomic E-state index is -0.986. The zero-order valence-electron chi connectivity index (χ0n) is 11.7. The van der Waals surface area contributed by atoms with E-state index in [1.807, 2.05) is 16.8 Å². The summed E-state index contributed by atoms with van der Waals surface area (Å²) in [5, 5.41) is 15.8. The third-order valence-electron chi connectivity index (χ3n) is 3.39. The van der Waals surface area contributed by atoms with Gasteiger partial charge in [0.2, 0.25) is 0 Å². The lowest BCUT2D eigenvalue weighted by atomic mass is 10.1. The van der Waals surface area contributed by atoms with E-state index in [0.717, 1.165) is 18.4 Å². The maximum atomic E-state index is 12.3. The Hall–Kier alpha value is -1.56. The Labute approximate surface area is 122 Å². The van der Waals surface area contributed by atoms with E-state index >= 15 is 0 Å². The van der Waals surface area contributed by atoms with E-state index in [4.69, 9.17) is 5.11 Å². The van der Waals surface area contributed by atoms with Crippen molar-refractivity contribution in [1.82, 2.24) is 10.2 Å². The molecular weight excluding hydrogens is 276 g/mol. The molecule has 5 nitrogen and oxygen atoms in total. The van der Waals surface area contributed by atoms with Gasteiger partial charge >= 0.3 is 12.0 Å². The maximum absolute atomic E-state index is 12.3. The van der Waals surface area contributed by atoms with Crippen LogP contribution in [0.15, 0.2) is 16.8 Å². The molecule has 1 aliphatic carbocycles. The van der Waals surface area contributed by atoms with Crippen molar-refractivity contribution in [3.05, 3.63) is 22.4 Å². The molecular formula is C14H20N2O3S. The quantitative estimate of drug-likeness (QED) is 0.847. The summed E-state index contributed by atoms with van der Waals surface area (Å²) >= 11 is 1.60. The smallest absolute Gasteiger partial charge is 0.326 e. The molecule has 0 radical (unpaired) electrons. The normalized spacial score (nSPS) is 15.9. The van der Waals surface area contributed by atoms with Crippen molar-refractivity contribution in [1.29, 1.82) is 0 Å². The fraction of sp³-hybridized carbons (Fsp3) is 0.571. The molecule has 0 aliphatic heterocycles. The van der Waals surface area contributed by atoms with Crippen LogP contribution in [-0.4, -0.2) is 34.1 Å². The standard InChI is InChI=1S/C14H20N2O3S/c1-9(2)12(13(17)18)15-14(19)16(11-3-4-11)7-10-5-6-20-8-10/h5-6,8-9,11-12H,3-4,7H2,1-2H3,(H,15,19)(H,17,18).